The molecule has 2 atom stereocenters. The van der Waals surface area contributed by atoms with Gasteiger partial charge in [-0.2, -0.15) is 0 Å². The van der Waals surface area contributed by atoms with E-state index >= 15 is 0 Å². The highest BCUT2D eigenvalue weighted by Crippen LogP contribution is 2.20. The Kier molecular flexibility index (Phi) is 4.08. The van der Waals surface area contributed by atoms with E-state index in [-0.39, 0.29) is 16.4 Å². The fourth-order valence-electron chi connectivity index (χ4n) is 1.83. The van der Waals surface area contributed by atoms with Crippen LogP contribution >= 0.6 is 0 Å². The quantitative estimate of drug-likeness (QED) is 0.905. The number of ether oxygens (including phenoxy) is 1. The zero-order valence-corrected chi connectivity index (χ0v) is 10.4. The molecule has 1 fully saturated rings. The Hall–Kier alpha value is -1.27. The monoisotopic (exact) mass is 272 g/mol. The average molecular weight is 272 g/mol. The van der Waals surface area contributed by atoms with Gasteiger partial charge in [-0.15, -0.1) is 0 Å². The first-order valence-corrected chi connectivity index (χ1v) is 6.89. The molecule has 18 heavy (non-hydrogen) atoms. The van der Waals surface area contributed by atoms with Crippen molar-refractivity contribution in [2.24, 2.45) is 5.92 Å². The highest BCUT2D eigenvalue weighted by atomic mass is 32.2. The maximum absolute atomic E-state index is 13.5. The summed E-state index contributed by atoms with van der Waals surface area (Å²) in [7, 11) is -1.53. The molecule has 1 heterocycles. The molecule has 0 saturated carbocycles. The van der Waals surface area contributed by atoms with E-state index in [0.717, 1.165) is 24.6 Å². The minimum absolute atomic E-state index is 0.0400. The fraction of sp³-hybridized carbons (Fsp3) is 0.417. The molecule has 6 heteroatoms. The van der Waals surface area contributed by atoms with Gasteiger partial charge in [-0.05, 0) is 30.5 Å². The lowest BCUT2D eigenvalue weighted by atomic mass is 10.2. The Morgan fingerprint density at radius 2 is 2.33 bits per heavy atom. The Labute approximate surface area is 106 Å². The normalized spacial score (nSPS) is 20.8. The standard InChI is InChI=1S/C12H13FO4S/c13-10-2-1-9(12(14)15)5-11(10)18(16)7-8-3-4-17-6-8/h1-2,5,8H,3-4,6-7H2,(H,14,15). The molecular weight excluding hydrogens is 259 g/mol. The van der Waals surface area contributed by atoms with Crippen molar-refractivity contribution >= 4 is 16.8 Å². The van der Waals surface area contributed by atoms with Crippen LogP contribution in [0.5, 0.6) is 0 Å². The van der Waals surface area contributed by atoms with Crippen LogP contribution in [0.15, 0.2) is 23.1 Å². The third kappa shape index (κ3) is 2.94. The van der Waals surface area contributed by atoms with Crippen LogP contribution in [0.2, 0.25) is 0 Å². The molecule has 1 saturated heterocycles. The van der Waals surface area contributed by atoms with Crippen molar-refractivity contribution < 1.29 is 23.2 Å². The van der Waals surface area contributed by atoms with Crippen molar-refractivity contribution in [1.29, 1.82) is 0 Å². The van der Waals surface area contributed by atoms with Crippen LogP contribution in [0, 0.1) is 11.7 Å². The predicted octanol–water partition coefficient (Wildman–Crippen LogP) is 1.67. The number of hydrogen-bond acceptors (Lipinski definition) is 3. The van der Waals surface area contributed by atoms with Crippen LogP contribution in [0.25, 0.3) is 0 Å². The van der Waals surface area contributed by atoms with Crippen molar-refractivity contribution in [2.45, 2.75) is 11.3 Å². The molecular formula is C12H13FO4S. The summed E-state index contributed by atoms with van der Waals surface area (Å²) in [5.74, 6) is -1.33. The Balaban J connectivity index is 2.17. The third-order valence-corrected chi connectivity index (χ3v) is 4.41. The van der Waals surface area contributed by atoms with E-state index in [2.05, 4.69) is 0 Å². The topological polar surface area (TPSA) is 63.6 Å². The Bertz CT molecular complexity index is 483. The van der Waals surface area contributed by atoms with Gasteiger partial charge in [0.2, 0.25) is 0 Å². The average Bonchev–Trinajstić information content (AvgIpc) is 2.81. The minimum atomic E-state index is -1.53. The lowest BCUT2D eigenvalue weighted by Crippen LogP contribution is -2.13. The second-order valence-electron chi connectivity index (χ2n) is 4.19. The van der Waals surface area contributed by atoms with Crippen LogP contribution in [-0.2, 0) is 15.5 Å². The molecule has 1 aromatic rings. The maximum atomic E-state index is 13.5. The third-order valence-electron chi connectivity index (χ3n) is 2.83. The van der Waals surface area contributed by atoms with E-state index < -0.39 is 22.6 Å². The number of hydrogen-bond donors (Lipinski definition) is 1. The Morgan fingerprint density at radius 3 is 2.94 bits per heavy atom. The van der Waals surface area contributed by atoms with Crippen LogP contribution in [-0.4, -0.2) is 34.3 Å². The smallest absolute Gasteiger partial charge is 0.335 e. The summed E-state index contributed by atoms with van der Waals surface area (Å²) in [5, 5.41) is 8.82. The summed E-state index contributed by atoms with van der Waals surface area (Å²) in [6, 6.07) is 3.35. The number of rotatable bonds is 4. The van der Waals surface area contributed by atoms with Gasteiger partial charge in [-0.25, -0.2) is 9.18 Å². The van der Waals surface area contributed by atoms with Crippen LogP contribution in [0.1, 0.15) is 16.8 Å². The first-order valence-electron chi connectivity index (χ1n) is 5.57. The zero-order chi connectivity index (χ0) is 13.1. The van der Waals surface area contributed by atoms with E-state index in [4.69, 9.17) is 9.84 Å². The summed E-state index contributed by atoms with van der Waals surface area (Å²) in [6.45, 7) is 1.17. The first kappa shape index (κ1) is 13.2. The summed E-state index contributed by atoms with van der Waals surface area (Å²) in [6.07, 6.45) is 0.811. The van der Waals surface area contributed by atoms with Gasteiger partial charge in [0.25, 0.3) is 0 Å². The van der Waals surface area contributed by atoms with Gasteiger partial charge in [0.15, 0.2) is 0 Å². The van der Waals surface area contributed by atoms with E-state index in [0.29, 0.717) is 19.0 Å². The van der Waals surface area contributed by atoms with Gasteiger partial charge >= 0.3 is 5.97 Å². The zero-order valence-electron chi connectivity index (χ0n) is 9.60. The number of carbonyl (C=O) groups is 1. The molecule has 0 spiro atoms. The molecule has 1 N–H and O–H groups in total. The number of carboxylic acids is 1. The van der Waals surface area contributed by atoms with Gasteiger partial charge in [-0.1, -0.05) is 0 Å². The van der Waals surface area contributed by atoms with Gasteiger partial charge < -0.3 is 9.84 Å². The predicted molar refractivity (Wildman–Crippen MR) is 63.6 cm³/mol. The second-order valence-corrected chi connectivity index (χ2v) is 5.66. The fourth-order valence-corrected chi connectivity index (χ4v) is 3.24. The molecule has 0 radical (unpaired) electrons. The van der Waals surface area contributed by atoms with Gasteiger partial charge in [0.1, 0.15) is 5.82 Å². The van der Waals surface area contributed by atoms with Gasteiger partial charge in [-0.3, -0.25) is 4.21 Å². The molecule has 1 aliphatic rings. The number of carboxylic acid groups (broad SMARTS) is 1. The van der Waals surface area contributed by atoms with Crippen molar-refractivity contribution in [3.8, 4) is 0 Å². The number of aromatic carboxylic acids is 1. The highest BCUT2D eigenvalue weighted by Gasteiger charge is 2.21. The minimum Gasteiger partial charge on any atom is -0.478 e. The molecule has 4 nitrogen and oxygen atoms in total. The SMILES string of the molecule is O=C(O)c1ccc(F)c(S(=O)CC2CCOC2)c1. The maximum Gasteiger partial charge on any atom is 0.335 e. The lowest BCUT2D eigenvalue weighted by molar-refractivity contribution is 0.0696. The first-order chi connectivity index (χ1) is 8.58. The molecule has 98 valence electrons. The highest BCUT2D eigenvalue weighted by molar-refractivity contribution is 7.85. The Morgan fingerprint density at radius 1 is 1.56 bits per heavy atom. The largest absolute Gasteiger partial charge is 0.478 e. The molecule has 1 aromatic carbocycles. The molecule has 2 rings (SSSR count). The summed E-state index contributed by atoms with van der Waals surface area (Å²) < 4.78 is 30.7. The lowest BCUT2D eigenvalue weighted by Gasteiger charge is -2.08. The molecule has 1 aliphatic heterocycles. The van der Waals surface area contributed by atoms with Crippen molar-refractivity contribution in [3.63, 3.8) is 0 Å². The number of benzene rings is 1. The van der Waals surface area contributed by atoms with Crippen LogP contribution in [0.3, 0.4) is 0 Å². The second kappa shape index (κ2) is 5.58. The molecule has 0 amide bonds. The summed E-state index contributed by atoms with van der Waals surface area (Å²) in [4.78, 5) is 10.8. The van der Waals surface area contributed by atoms with E-state index in [1.54, 1.807) is 0 Å². The van der Waals surface area contributed by atoms with Crippen molar-refractivity contribution in [2.75, 3.05) is 19.0 Å². The van der Waals surface area contributed by atoms with Crippen LogP contribution in [0.4, 0.5) is 4.39 Å². The molecule has 0 bridgehead atoms. The van der Waals surface area contributed by atoms with E-state index in [1.165, 1.54) is 0 Å². The van der Waals surface area contributed by atoms with Crippen LogP contribution < -0.4 is 0 Å². The summed E-state index contributed by atoms with van der Waals surface area (Å²) >= 11 is 0. The molecule has 0 aromatic heterocycles. The van der Waals surface area contributed by atoms with E-state index in [1.807, 2.05) is 0 Å². The van der Waals surface area contributed by atoms with Crippen molar-refractivity contribution in [1.82, 2.24) is 0 Å². The van der Waals surface area contributed by atoms with E-state index in [9.17, 15) is 13.4 Å². The van der Waals surface area contributed by atoms with Gasteiger partial charge in [0, 0.05) is 12.4 Å². The molecule has 2 unspecified atom stereocenters. The summed E-state index contributed by atoms with van der Waals surface area (Å²) in [5.41, 5.74) is -0.0533. The van der Waals surface area contributed by atoms with Gasteiger partial charge in [0.05, 0.1) is 27.9 Å². The van der Waals surface area contributed by atoms with Crippen molar-refractivity contribution in [3.05, 3.63) is 29.6 Å². The molecule has 0 aliphatic carbocycles. The number of halogens is 1.